The molecular weight excluding hydrogens is 625 g/mol. The number of nitrogens with zero attached hydrogens (tertiary/aromatic N) is 1. The number of ether oxygens (including phenoxy) is 2. The molecular formula is C39H79NO7P+. The second-order valence-corrected chi connectivity index (χ2v) is 16.1. The monoisotopic (exact) mass is 705 g/mol. The maximum Gasteiger partial charge on any atom is 0.472 e. The maximum absolute atomic E-state index is 12.6. The predicted molar refractivity (Wildman–Crippen MR) is 201 cm³/mol. The normalized spacial score (nSPS) is 14.0. The van der Waals surface area contributed by atoms with E-state index in [4.69, 9.17) is 18.5 Å². The largest absolute Gasteiger partial charge is 0.472 e. The third-order valence-electron chi connectivity index (χ3n) is 8.58. The molecule has 0 bridgehead atoms. The van der Waals surface area contributed by atoms with Crippen LogP contribution in [0.3, 0.4) is 0 Å². The zero-order valence-corrected chi connectivity index (χ0v) is 33.1. The van der Waals surface area contributed by atoms with Gasteiger partial charge in [-0.2, -0.15) is 0 Å². The lowest BCUT2D eigenvalue weighted by atomic mass is 10.0. The molecule has 0 radical (unpaired) electrons. The van der Waals surface area contributed by atoms with Crippen molar-refractivity contribution >= 4 is 13.8 Å². The molecule has 2 unspecified atom stereocenters. The highest BCUT2D eigenvalue weighted by molar-refractivity contribution is 7.47. The molecule has 2 atom stereocenters. The molecule has 0 amide bonds. The number of phosphoric ester groups is 1. The Labute approximate surface area is 297 Å². The minimum absolute atomic E-state index is 0.0903. The number of carbonyl (C=O) groups is 1. The number of hydrogen-bond donors (Lipinski definition) is 1. The lowest BCUT2D eigenvalue weighted by Crippen LogP contribution is -2.37. The highest BCUT2D eigenvalue weighted by Gasteiger charge is 2.26. The topological polar surface area (TPSA) is 91.3 Å². The molecule has 1 N–H and O–H groups in total. The Morgan fingerprint density at radius 3 is 1.65 bits per heavy atom. The second kappa shape index (κ2) is 33.4. The molecule has 0 fully saturated rings. The Balaban J connectivity index is 4.27. The van der Waals surface area contributed by atoms with Crippen LogP contribution < -0.4 is 0 Å². The number of unbranched alkanes of at least 4 members (excludes halogenated alkanes) is 21. The van der Waals surface area contributed by atoms with Crippen LogP contribution in [0.5, 0.6) is 0 Å². The summed E-state index contributed by atoms with van der Waals surface area (Å²) in [5, 5.41) is 0. The molecule has 0 saturated carbocycles. The van der Waals surface area contributed by atoms with E-state index in [1.165, 1.54) is 122 Å². The van der Waals surface area contributed by atoms with E-state index in [1.54, 1.807) is 0 Å². The first-order valence-corrected chi connectivity index (χ1v) is 21.4. The third-order valence-corrected chi connectivity index (χ3v) is 9.56. The van der Waals surface area contributed by atoms with Crippen molar-refractivity contribution in [3.63, 3.8) is 0 Å². The van der Waals surface area contributed by atoms with Gasteiger partial charge < -0.3 is 18.9 Å². The molecule has 0 saturated heterocycles. The van der Waals surface area contributed by atoms with Gasteiger partial charge in [0.2, 0.25) is 0 Å². The summed E-state index contributed by atoms with van der Waals surface area (Å²) in [5.74, 6) is -0.315. The van der Waals surface area contributed by atoms with Gasteiger partial charge in [-0.3, -0.25) is 13.8 Å². The van der Waals surface area contributed by atoms with Crippen LogP contribution in [0.15, 0.2) is 12.2 Å². The number of rotatable bonds is 37. The first-order valence-electron chi connectivity index (χ1n) is 19.9. The molecule has 0 aromatic heterocycles. The molecule has 9 heteroatoms. The summed E-state index contributed by atoms with van der Waals surface area (Å²) < 4.78 is 34.9. The van der Waals surface area contributed by atoms with Crippen molar-refractivity contribution in [2.45, 2.75) is 180 Å². The third kappa shape index (κ3) is 36.5. The van der Waals surface area contributed by atoms with Crippen molar-refractivity contribution in [1.29, 1.82) is 0 Å². The minimum atomic E-state index is -4.26. The van der Waals surface area contributed by atoms with Gasteiger partial charge in [-0.05, 0) is 32.1 Å². The maximum atomic E-state index is 12.6. The van der Waals surface area contributed by atoms with Crippen molar-refractivity contribution in [1.82, 2.24) is 0 Å². The average Bonchev–Trinajstić information content (AvgIpc) is 3.03. The molecule has 286 valence electrons. The lowest BCUT2D eigenvalue weighted by Gasteiger charge is -2.24. The van der Waals surface area contributed by atoms with Crippen LogP contribution in [-0.4, -0.2) is 75.6 Å². The summed E-state index contributed by atoms with van der Waals surface area (Å²) >= 11 is 0. The Hall–Kier alpha value is -0.760. The van der Waals surface area contributed by atoms with Crippen LogP contribution in [0.1, 0.15) is 174 Å². The first kappa shape index (κ1) is 47.2. The molecule has 0 aromatic carbocycles. The van der Waals surface area contributed by atoms with Crippen LogP contribution in [0, 0.1) is 0 Å². The van der Waals surface area contributed by atoms with E-state index < -0.39 is 13.9 Å². The van der Waals surface area contributed by atoms with Gasteiger partial charge in [0.15, 0.2) is 0 Å². The van der Waals surface area contributed by atoms with Gasteiger partial charge >= 0.3 is 13.8 Å². The molecule has 0 rings (SSSR count). The Kier molecular flexibility index (Phi) is 32.9. The van der Waals surface area contributed by atoms with Crippen LogP contribution >= 0.6 is 7.82 Å². The Morgan fingerprint density at radius 2 is 1.10 bits per heavy atom. The van der Waals surface area contributed by atoms with Gasteiger partial charge in [-0.15, -0.1) is 0 Å². The van der Waals surface area contributed by atoms with Gasteiger partial charge in [0.05, 0.1) is 34.4 Å². The lowest BCUT2D eigenvalue weighted by molar-refractivity contribution is -0.870. The van der Waals surface area contributed by atoms with E-state index in [0.29, 0.717) is 24.1 Å². The quantitative estimate of drug-likeness (QED) is 0.0226. The molecule has 48 heavy (non-hydrogen) atoms. The van der Waals surface area contributed by atoms with Crippen molar-refractivity contribution in [2.75, 3.05) is 54.1 Å². The van der Waals surface area contributed by atoms with E-state index in [9.17, 15) is 14.3 Å². The number of carbonyl (C=O) groups excluding carboxylic acids is 1. The average molecular weight is 705 g/mol. The number of esters is 1. The van der Waals surface area contributed by atoms with E-state index in [2.05, 4.69) is 26.0 Å². The smallest absolute Gasteiger partial charge is 0.457 e. The second-order valence-electron chi connectivity index (χ2n) is 14.7. The fourth-order valence-corrected chi connectivity index (χ4v) is 6.16. The molecule has 0 aromatic rings. The van der Waals surface area contributed by atoms with E-state index in [1.807, 2.05) is 21.1 Å². The summed E-state index contributed by atoms with van der Waals surface area (Å²) in [7, 11) is 1.67. The number of likely N-dealkylation sites (N-methyl/N-ethyl adjacent to an activating group) is 1. The van der Waals surface area contributed by atoms with Gasteiger partial charge in [0.25, 0.3) is 0 Å². The standard InChI is InChI=1S/C39H78NO7P/c1-6-8-10-12-14-16-18-20-21-22-24-26-28-30-32-39(41)47-38(37-46-48(42,43)45-35-33-40(3,4)5)36-44-34-31-29-27-25-23-19-17-15-13-11-9-7-2/h13,15,38H,6-12,14,16-37H2,1-5H3/p+1/b15-13-. The van der Waals surface area contributed by atoms with Crippen molar-refractivity contribution in [3.05, 3.63) is 12.2 Å². The van der Waals surface area contributed by atoms with Crippen LogP contribution in [0.25, 0.3) is 0 Å². The zero-order chi connectivity index (χ0) is 35.6. The van der Waals surface area contributed by atoms with E-state index in [-0.39, 0.29) is 25.8 Å². The summed E-state index contributed by atoms with van der Waals surface area (Å²) in [5.41, 5.74) is 0. The van der Waals surface area contributed by atoms with Crippen LogP contribution in [0.4, 0.5) is 0 Å². The number of hydrogen-bond acceptors (Lipinski definition) is 6. The highest BCUT2D eigenvalue weighted by atomic mass is 31.2. The van der Waals surface area contributed by atoms with Crippen LogP contribution in [-0.2, 0) is 27.9 Å². The molecule has 0 spiro atoms. The van der Waals surface area contributed by atoms with Gasteiger partial charge in [-0.25, -0.2) is 4.57 Å². The highest BCUT2D eigenvalue weighted by Crippen LogP contribution is 2.43. The number of allylic oxidation sites excluding steroid dienone is 2. The SMILES string of the molecule is CCCC/C=C\CCCCCCCCOCC(COP(=O)(O)OCC[N+](C)(C)C)OC(=O)CCCCCCCCCCCCCCCC. The van der Waals surface area contributed by atoms with Gasteiger partial charge in [0.1, 0.15) is 19.3 Å². The molecule has 0 aliphatic carbocycles. The summed E-state index contributed by atoms with van der Waals surface area (Å²) in [6.45, 7) is 5.59. The van der Waals surface area contributed by atoms with E-state index >= 15 is 0 Å². The van der Waals surface area contributed by atoms with Gasteiger partial charge in [-0.1, -0.05) is 148 Å². The fourth-order valence-electron chi connectivity index (χ4n) is 5.42. The van der Waals surface area contributed by atoms with Crippen molar-refractivity contribution in [3.8, 4) is 0 Å². The first-order chi connectivity index (χ1) is 23.1. The molecule has 0 aliphatic heterocycles. The zero-order valence-electron chi connectivity index (χ0n) is 32.2. The minimum Gasteiger partial charge on any atom is -0.457 e. The molecule has 0 aliphatic rings. The van der Waals surface area contributed by atoms with Crippen molar-refractivity contribution in [2.24, 2.45) is 0 Å². The fraction of sp³-hybridized carbons (Fsp3) is 0.923. The summed E-state index contributed by atoms with van der Waals surface area (Å²) in [6.07, 6.45) is 33.7. The summed E-state index contributed by atoms with van der Waals surface area (Å²) in [6, 6.07) is 0. The van der Waals surface area contributed by atoms with E-state index in [0.717, 1.165) is 32.1 Å². The predicted octanol–water partition coefficient (Wildman–Crippen LogP) is 11.1. The van der Waals surface area contributed by atoms with Gasteiger partial charge in [0, 0.05) is 13.0 Å². The van der Waals surface area contributed by atoms with Crippen molar-refractivity contribution < 1.29 is 37.3 Å². The Bertz CT molecular complexity index is 787. The molecule has 0 heterocycles. The number of phosphoric acid groups is 1. The Morgan fingerprint density at radius 1 is 0.625 bits per heavy atom. The summed E-state index contributed by atoms with van der Waals surface area (Å²) in [4.78, 5) is 22.8. The molecule has 8 nitrogen and oxygen atoms in total. The van der Waals surface area contributed by atoms with Crippen LogP contribution in [0.2, 0.25) is 0 Å². The number of quaternary nitrogens is 1.